The Morgan fingerprint density at radius 2 is 2.30 bits per heavy atom. The van der Waals surface area contributed by atoms with Crippen LogP contribution in [0.2, 0.25) is 0 Å². The quantitative estimate of drug-likeness (QED) is 0.924. The number of rotatable bonds is 4. The summed E-state index contributed by atoms with van der Waals surface area (Å²) < 4.78 is 0. The lowest BCUT2D eigenvalue weighted by atomic mass is 10.1. The van der Waals surface area contributed by atoms with Gasteiger partial charge in [-0.2, -0.15) is 11.8 Å². The zero-order chi connectivity index (χ0) is 14.7. The summed E-state index contributed by atoms with van der Waals surface area (Å²) in [4.78, 5) is 18.2. The molecular formula is C15H22N2O2S. The molecule has 0 saturated carbocycles. The molecule has 1 N–H and O–H groups in total. The number of hydrogen-bond acceptors (Lipinski definition) is 4. The number of hydrogen-bond donors (Lipinski definition) is 1. The van der Waals surface area contributed by atoms with E-state index in [2.05, 4.69) is 16.8 Å². The van der Waals surface area contributed by atoms with Crippen LogP contribution < -0.4 is 4.90 Å². The molecule has 1 saturated heterocycles. The smallest absolute Gasteiger partial charge is 0.335 e. The van der Waals surface area contributed by atoms with Gasteiger partial charge in [0.15, 0.2) is 0 Å². The first-order valence-electron chi connectivity index (χ1n) is 7.13. The van der Waals surface area contributed by atoms with Crippen LogP contribution in [0.15, 0.2) is 12.1 Å². The van der Waals surface area contributed by atoms with Gasteiger partial charge in [-0.15, -0.1) is 0 Å². The minimum absolute atomic E-state index is 0.231. The van der Waals surface area contributed by atoms with E-state index in [0.717, 1.165) is 36.8 Å². The minimum atomic E-state index is -0.881. The molecule has 0 amide bonds. The number of pyridine rings is 1. The molecule has 0 bridgehead atoms. The van der Waals surface area contributed by atoms with Crippen molar-refractivity contribution < 1.29 is 9.90 Å². The molecule has 5 heteroatoms. The van der Waals surface area contributed by atoms with E-state index in [4.69, 9.17) is 0 Å². The highest BCUT2D eigenvalue weighted by Crippen LogP contribution is 2.27. The Hall–Kier alpha value is -1.23. The largest absolute Gasteiger partial charge is 0.478 e. The summed E-state index contributed by atoms with van der Waals surface area (Å²) in [5.41, 5.74) is 1.19. The second kappa shape index (κ2) is 6.48. The highest BCUT2D eigenvalue weighted by atomic mass is 32.2. The summed E-state index contributed by atoms with van der Waals surface area (Å²) >= 11 is 2.00. The molecule has 2 heterocycles. The molecule has 1 aliphatic heterocycles. The third kappa shape index (κ3) is 3.45. The van der Waals surface area contributed by atoms with Gasteiger partial charge in [-0.1, -0.05) is 20.8 Å². The van der Waals surface area contributed by atoms with Gasteiger partial charge in [0.1, 0.15) is 5.82 Å². The van der Waals surface area contributed by atoms with Crippen molar-refractivity contribution in [3.63, 3.8) is 0 Å². The number of anilines is 1. The van der Waals surface area contributed by atoms with Gasteiger partial charge in [-0.05, 0) is 24.5 Å². The Kier molecular flexibility index (Phi) is 4.91. The number of carboxylic acid groups (broad SMARTS) is 1. The van der Waals surface area contributed by atoms with Gasteiger partial charge in [0.25, 0.3) is 0 Å². The molecule has 1 aromatic rings. The van der Waals surface area contributed by atoms with E-state index in [1.807, 2.05) is 25.6 Å². The van der Waals surface area contributed by atoms with Crippen LogP contribution in [0.1, 0.15) is 49.2 Å². The zero-order valence-corrected chi connectivity index (χ0v) is 13.1. The average Bonchev–Trinajstić information content (AvgIpc) is 2.46. The number of aromatic nitrogens is 1. The van der Waals surface area contributed by atoms with Gasteiger partial charge >= 0.3 is 5.97 Å². The summed E-state index contributed by atoms with van der Waals surface area (Å²) in [6.45, 7) is 8.17. The van der Waals surface area contributed by atoms with Crippen LogP contribution in [0, 0.1) is 0 Å². The van der Waals surface area contributed by atoms with Crippen LogP contribution in [0.3, 0.4) is 0 Å². The molecule has 1 atom stereocenters. The van der Waals surface area contributed by atoms with E-state index in [1.54, 1.807) is 12.1 Å². The Balaban J connectivity index is 2.32. The van der Waals surface area contributed by atoms with E-state index in [9.17, 15) is 9.90 Å². The molecule has 0 radical (unpaired) electrons. The Morgan fingerprint density at radius 3 is 2.90 bits per heavy atom. The molecular weight excluding hydrogens is 272 g/mol. The predicted octanol–water partition coefficient (Wildman–Crippen LogP) is 3.24. The van der Waals surface area contributed by atoms with Crippen molar-refractivity contribution in [2.75, 3.05) is 23.7 Å². The fraction of sp³-hybridized carbons (Fsp3) is 0.600. The third-order valence-corrected chi connectivity index (χ3v) is 4.96. The second-order valence-electron chi connectivity index (χ2n) is 5.45. The lowest BCUT2D eigenvalue weighted by molar-refractivity contribution is 0.0696. The van der Waals surface area contributed by atoms with Gasteiger partial charge in [-0.25, -0.2) is 9.78 Å². The number of thioether (sulfide) groups is 1. The maximum Gasteiger partial charge on any atom is 0.335 e. The van der Waals surface area contributed by atoms with E-state index in [-0.39, 0.29) is 5.92 Å². The molecule has 20 heavy (non-hydrogen) atoms. The van der Waals surface area contributed by atoms with Crippen LogP contribution in [0.4, 0.5) is 5.82 Å². The Bertz CT molecular complexity index is 491. The number of nitrogens with zero attached hydrogens (tertiary/aromatic N) is 2. The van der Waals surface area contributed by atoms with Crippen LogP contribution in [0.5, 0.6) is 0 Å². The summed E-state index contributed by atoms with van der Waals surface area (Å²) in [6.07, 6.45) is 1.14. The van der Waals surface area contributed by atoms with Crippen molar-refractivity contribution in [1.29, 1.82) is 0 Å². The van der Waals surface area contributed by atoms with E-state index in [1.165, 1.54) is 0 Å². The summed E-state index contributed by atoms with van der Waals surface area (Å²) in [5, 5.41) is 9.87. The van der Waals surface area contributed by atoms with Crippen molar-refractivity contribution in [3.05, 3.63) is 23.4 Å². The van der Waals surface area contributed by atoms with E-state index < -0.39 is 5.97 Å². The molecule has 2 rings (SSSR count). The number of aromatic carboxylic acids is 1. The normalized spacial score (nSPS) is 19.4. The monoisotopic (exact) mass is 294 g/mol. The van der Waals surface area contributed by atoms with Crippen molar-refractivity contribution in [1.82, 2.24) is 4.98 Å². The molecule has 1 unspecified atom stereocenters. The van der Waals surface area contributed by atoms with Gasteiger partial charge < -0.3 is 10.0 Å². The van der Waals surface area contributed by atoms with Crippen molar-refractivity contribution in [3.8, 4) is 0 Å². The molecule has 4 nitrogen and oxygen atoms in total. The van der Waals surface area contributed by atoms with Crippen molar-refractivity contribution in [2.45, 2.75) is 38.4 Å². The van der Waals surface area contributed by atoms with Crippen LogP contribution in [-0.2, 0) is 0 Å². The van der Waals surface area contributed by atoms with Crippen molar-refractivity contribution >= 4 is 23.5 Å². The zero-order valence-electron chi connectivity index (χ0n) is 12.3. The first kappa shape index (κ1) is 15.2. The SMILES string of the molecule is CCC1CN(c2cc(C(=O)O)cc(C(C)C)n2)CCS1. The Morgan fingerprint density at radius 1 is 1.55 bits per heavy atom. The molecule has 110 valence electrons. The highest BCUT2D eigenvalue weighted by Gasteiger charge is 2.22. The number of carboxylic acids is 1. The van der Waals surface area contributed by atoms with Gasteiger partial charge in [0, 0.05) is 29.8 Å². The van der Waals surface area contributed by atoms with Gasteiger partial charge in [0.05, 0.1) is 5.56 Å². The highest BCUT2D eigenvalue weighted by molar-refractivity contribution is 8.00. The van der Waals surface area contributed by atoms with Crippen molar-refractivity contribution in [2.24, 2.45) is 0 Å². The maximum absolute atomic E-state index is 11.3. The molecule has 1 aromatic heterocycles. The molecule has 1 fully saturated rings. The molecule has 0 aliphatic carbocycles. The standard InChI is InChI=1S/C15H22N2O2S/c1-4-12-9-17(5-6-20-12)14-8-11(15(18)19)7-13(16-14)10(2)3/h7-8,10,12H,4-6,9H2,1-3H3,(H,18,19). The second-order valence-corrected chi connectivity index (χ2v) is 6.85. The first-order valence-corrected chi connectivity index (χ1v) is 8.18. The molecule has 1 aliphatic rings. The van der Waals surface area contributed by atoms with Gasteiger partial charge in [0.2, 0.25) is 0 Å². The van der Waals surface area contributed by atoms with E-state index >= 15 is 0 Å². The fourth-order valence-corrected chi connectivity index (χ4v) is 3.47. The van der Waals surface area contributed by atoms with E-state index in [0.29, 0.717) is 10.8 Å². The van der Waals surface area contributed by atoms with Gasteiger partial charge in [-0.3, -0.25) is 0 Å². The van der Waals surface area contributed by atoms with Crippen LogP contribution >= 0.6 is 11.8 Å². The summed E-state index contributed by atoms with van der Waals surface area (Å²) in [5.74, 6) is 1.24. The average molecular weight is 294 g/mol. The Labute approximate surface area is 124 Å². The third-order valence-electron chi connectivity index (χ3n) is 3.59. The molecule has 0 spiro atoms. The summed E-state index contributed by atoms with van der Waals surface area (Å²) in [7, 11) is 0. The topological polar surface area (TPSA) is 53.4 Å². The fourth-order valence-electron chi connectivity index (χ4n) is 2.29. The summed E-state index contributed by atoms with van der Waals surface area (Å²) in [6, 6.07) is 3.39. The lowest BCUT2D eigenvalue weighted by Crippen LogP contribution is -2.38. The lowest BCUT2D eigenvalue weighted by Gasteiger charge is -2.33. The number of carbonyl (C=O) groups is 1. The minimum Gasteiger partial charge on any atom is -0.478 e. The first-order chi connectivity index (χ1) is 9.51. The van der Waals surface area contributed by atoms with Crippen LogP contribution in [0.25, 0.3) is 0 Å². The molecule has 0 aromatic carbocycles. The predicted molar refractivity (Wildman–Crippen MR) is 84.0 cm³/mol. The van der Waals surface area contributed by atoms with Crippen LogP contribution in [-0.4, -0.2) is 40.2 Å². The maximum atomic E-state index is 11.3.